The lowest BCUT2D eigenvalue weighted by Gasteiger charge is -2.04. The van der Waals surface area contributed by atoms with Crippen molar-refractivity contribution in [3.8, 4) is 0 Å². The molecule has 2 rings (SSSR count). The van der Waals surface area contributed by atoms with E-state index in [0.717, 1.165) is 0 Å². The fourth-order valence-electron chi connectivity index (χ4n) is 1.11. The first-order chi connectivity index (χ1) is 6.57. The number of fused-ring (bicyclic) bond motifs is 1. The second kappa shape index (κ2) is 2.94. The molecule has 2 aromatic rings. The molecule has 1 heterocycles. The SMILES string of the molecule is FC(F)(F)c1ncc2ccccc2n1. The smallest absolute Gasteiger partial charge is 0.232 e. The van der Waals surface area contributed by atoms with Gasteiger partial charge in [-0.25, -0.2) is 9.97 Å². The van der Waals surface area contributed by atoms with Crippen molar-refractivity contribution in [2.45, 2.75) is 6.18 Å². The zero-order chi connectivity index (χ0) is 10.2. The van der Waals surface area contributed by atoms with Crippen molar-refractivity contribution >= 4 is 10.9 Å². The van der Waals surface area contributed by atoms with Crippen molar-refractivity contribution < 1.29 is 13.2 Å². The Morgan fingerprint density at radius 3 is 2.50 bits per heavy atom. The van der Waals surface area contributed by atoms with Crippen LogP contribution in [0.1, 0.15) is 5.82 Å². The maximum Gasteiger partial charge on any atom is 0.451 e. The van der Waals surface area contributed by atoms with Crippen LogP contribution < -0.4 is 0 Å². The Balaban J connectivity index is 2.63. The van der Waals surface area contributed by atoms with Crippen LogP contribution in [0.3, 0.4) is 0 Å². The Morgan fingerprint density at radius 2 is 1.79 bits per heavy atom. The fourth-order valence-corrected chi connectivity index (χ4v) is 1.11. The quantitative estimate of drug-likeness (QED) is 0.650. The molecule has 0 bridgehead atoms. The number of aromatic nitrogens is 2. The van der Waals surface area contributed by atoms with Crippen LogP contribution in [0.2, 0.25) is 0 Å². The summed E-state index contributed by atoms with van der Waals surface area (Å²) in [6, 6.07) is 6.54. The average molecular weight is 198 g/mol. The minimum Gasteiger partial charge on any atom is -0.232 e. The van der Waals surface area contributed by atoms with E-state index in [1.165, 1.54) is 12.3 Å². The van der Waals surface area contributed by atoms with Crippen LogP contribution in [-0.4, -0.2) is 9.97 Å². The summed E-state index contributed by atoms with van der Waals surface area (Å²) >= 11 is 0. The fraction of sp³-hybridized carbons (Fsp3) is 0.111. The van der Waals surface area contributed by atoms with Crippen LogP contribution in [0.15, 0.2) is 30.5 Å². The highest BCUT2D eigenvalue weighted by Crippen LogP contribution is 2.26. The van der Waals surface area contributed by atoms with Crippen molar-refractivity contribution in [1.82, 2.24) is 9.97 Å². The van der Waals surface area contributed by atoms with Crippen LogP contribution in [0, 0.1) is 0 Å². The second-order valence-corrected chi connectivity index (χ2v) is 2.75. The molecule has 0 aliphatic carbocycles. The number of nitrogens with zero attached hydrogens (tertiary/aromatic N) is 2. The number of para-hydroxylation sites is 1. The van der Waals surface area contributed by atoms with Gasteiger partial charge in [0.25, 0.3) is 0 Å². The summed E-state index contributed by atoms with van der Waals surface area (Å²) < 4.78 is 36.6. The first kappa shape index (κ1) is 8.93. The molecular formula is C9H5F3N2. The normalized spacial score (nSPS) is 11.9. The highest BCUT2D eigenvalue weighted by molar-refractivity contribution is 5.77. The molecule has 0 radical (unpaired) electrons. The Morgan fingerprint density at radius 1 is 1.07 bits per heavy atom. The molecule has 0 saturated carbocycles. The highest BCUT2D eigenvalue weighted by Gasteiger charge is 2.34. The van der Waals surface area contributed by atoms with Gasteiger partial charge in [-0.3, -0.25) is 0 Å². The number of benzene rings is 1. The van der Waals surface area contributed by atoms with Gasteiger partial charge in [-0.1, -0.05) is 18.2 Å². The predicted octanol–water partition coefficient (Wildman–Crippen LogP) is 2.65. The Labute approximate surface area is 77.4 Å². The second-order valence-electron chi connectivity index (χ2n) is 2.75. The van der Waals surface area contributed by atoms with E-state index in [1.807, 2.05) is 0 Å². The number of alkyl halides is 3. The molecule has 0 atom stereocenters. The maximum absolute atomic E-state index is 12.2. The molecule has 0 saturated heterocycles. The van der Waals surface area contributed by atoms with Crippen LogP contribution >= 0.6 is 0 Å². The van der Waals surface area contributed by atoms with E-state index in [1.54, 1.807) is 18.2 Å². The summed E-state index contributed by atoms with van der Waals surface area (Å²) in [5.41, 5.74) is 0.301. The molecule has 2 nitrogen and oxygen atoms in total. The summed E-state index contributed by atoms with van der Waals surface area (Å²) in [7, 11) is 0. The Bertz CT molecular complexity index is 465. The molecule has 0 fully saturated rings. The standard InChI is InChI=1S/C9H5F3N2/c10-9(11,12)8-13-5-6-3-1-2-4-7(6)14-8/h1-5H. The number of halogens is 3. The monoisotopic (exact) mass is 198 g/mol. The molecule has 1 aromatic carbocycles. The highest BCUT2D eigenvalue weighted by atomic mass is 19.4. The molecule has 14 heavy (non-hydrogen) atoms. The van der Waals surface area contributed by atoms with Gasteiger partial charge in [0.2, 0.25) is 5.82 Å². The third-order valence-corrected chi connectivity index (χ3v) is 1.74. The molecule has 5 heteroatoms. The van der Waals surface area contributed by atoms with Crippen LogP contribution in [0.4, 0.5) is 13.2 Å². The Kier molecular flexibility index (Phi) is 1.87. The lowest BCUT2D eigenvalue weighted by Crippen LogP contribution is -2.10. The van der Waals surface area contributed by atoms with Gasteiger partial charge in [-0.2, -0.15) is 13.2 Å². The predicted molar refractivity (Wildman–Crippen MR) is 44.5 cm³/mol. The molecule has 0 spiro atoms. The van der Waals surface area contributed by atoms with E-state index in [4.69, 9.17) is 0 Å². The third kappa shape index (κ3) is 1.53. The van der Waals surface area contributed by atoms with E-state index in [2.05, 4.69) is 9.97 Å². The molecule has 0 aliphatic heterocycles. The largest absolute Gasteiger partial charge is 0.451 e. The van der Waals surface area contributed by atoms with Gasteiger partial charge in [-0.05, 0) is 6.07 Å². The molecule has 0 aliphatic rings. The van der Waals surface area contributed by atoms with Crippen molar-refractivity contribution in [2.75, 3.05) is 0 Å². The van der Waals surface area contributed by atoms with Gasteiger partial charge in [0, 0.05) is 11.6 Å². The minimum absolute atomic E-state index is 0.301. The first-order valence-electron chi connectivity index (χ1n) is 3.86. The topological polar surface area (TPSA) is 25.8 Å². The van der Waals surface area contributed by atoms with Gasteiger partial charge in [0.15, 0.2) is 0 Å². The van der Waals surface area contributed by atoms with Crippen molar-refractivity contribution in [2.24, 2.45) is 0 Å². The lowest BCUT2D eigenvalue weighted by molar-refractivity contribution is -0.144. The molecule has 0 amide bonds. The molecule has 72 valence electrons. The number of hydrogen-bond donors (Lipinski definition) is 0. The maximum atomic E-state index is 12.2. The van der Waals surface area contributed by atoms with Gasteiger partial charge in [0.05, 0.1) is 5.52 Å². The van der Waals surface area contributed by atoms with Gasteiger partial charge in [0.1, 0.15) is 0 Å². The summed E-state index contributed by atoms with van der Waals surface area (Å²) in [6.45, 7) is 0. The van der Waals surface area contributed by atoms with E-state index >= 15 is 0 Å². The zero-order valence-electron chi connectivity index (χ0n) is 6.92. The lowest BCUT2D eigenvalue weighted by atomic mass is 10.2. The van der Waals surface area contributed by atoms with Gasteiger partial charge in [-0.15, -0.1) is 0 Å². The van der Waals surface area contributed by atoms with Crippen molar-refractivity contribution in [3.63, 3.8) is 0 Å². The van der Waals surface area contributed by atoms with Gasteiger partial charge >= 0.3 is 6.18 Å². The van der Waals surface area contributed by atoms with Crippen LogP contribution in [0.25, 0.3) is 10.9 Å². The van der Waals surface area contributed by atoms with E-state index < -0.39 is 12.0 Å². The molecule has 0 unspecified atom stereocenters. The average Bonchev–Trinajstić information content (AvgIpc) is 2.16. The van der Waals surface area contributed by atoms with E-state index in [-0.39, 0.29) is 0 Å². The number of rotatable bonds is 0. The van der Waals surface area contributed by atoms with Crippen LogP contribution in [-0.2, 0) is 6.18 Å². The third-order valence-electron chi connectivity index (χ3n) is 1.74. The summed E-state index contributed by atoms with van der Waals surface area (Å²) in [4.78, 5) is 6.65. The van der Waals surface area contributed by atoms with Crippen LogP contribution in [0.5, 0.6) is 0 Å². The Hall–Kier alpha value is -1.65. The molecule has 0 N–H and O–H groups in total. The van der Waals surface area contributed by atoms with E-state index in [9.17, 15) is 13.2 Å². The summed E-state index contributed by atoms with van der Waals surface area (Å²) in [6.07, 6.45) is -3.31. The summed E-state index contributed by atoms with van der Waals surface area (Å²) in [5, 5.41) is 0.598. The minimum atomic E-state index is -4.48. The summed E-state index contributed by atoms with van der Waals surface area (Å²) in [5.74, 6) is -1.10. The molecular weight excluding hydrogens is 193 g/mol. The zero-order valence-corrected chi connectivity index (χ0v) is 6.92. The van der Waals surface area contributed by atoms with Crippen molar-refractivity contribution in [3.05, 3.63) is 36.3 Å². The van der Waals surface area contributed by atoms with E-state index in [0.29, 0.717) is 10.9 Å². The molecule has 1 aromatic heterocycles. The number of hydrogen-bond acceptors (Lipinski definition) is 2. The first-order valence-corrected chi connectivity index (χ1v) is 3.86. The van der Waals surface area contributed by atoms with Crippen molar-refractivity contribution in [1.29, 1.82) is 0 Å². The van der Waals surface area contributed by atoms with Gasteiger partial charge < -0.3 is 0 Å².